The fourth-order valence-corrected chi connectivity index (χ4v) is 3.88. The summed E-state index contributed by atoms with van der Waals surface area (Å²) in [6.45, 7) is 4.79. The highest BCUT2D eigenvalue weighted by molar-refractivity contribution is 7.89. The Labute approximate surface area is 119 Å². The summed E-state index contributed by atoms with van der Waals surface area (Å²) in [6.07, 6.45) is 2.82. The molecule has 1 aromatic rings. The minimum absolute atomic E-state index is 0.0933. The maximum Gasteiger partial charge on any atom is 0.263 e. The number of nitrogens with zero attached hydrogens (tertiary/aromatic N) is 3. The Hall–Kier alpha value is -1.05. The van der Waals surface area contributed by atoms with Crippen LogP contribution in [0.2, 0.25) is 0 Å². The molecule has 0 aliphatic carbocycles. The van der Waals surface area contributed by atoms with Crippen molar-refractivity contribution >= 4 is 10.0 Å². The number of hydrogen-bond acceptors (Lipinski definition) is 4. The van der Waals surface area contributed by atoms with Crippen LogP contribution in [0.1, 0.15) is 19.8 Å². The van der Waals surface area contributed by atoms with E-state index in [0.29, 0.717) is 0 Å². The molecule has 0 unspecified atom stereocenters. The molecule has 0 amide bonds. The highest BCUT2D eigenvalue weighted by atomic mass is 32.2. The molecule has 0 bridgehead atoms. The lowest BCUT2D eigenvalue weighted by Gasteiger charge is -2.35. The molecule has 112 valence electrons. The molecule has 0 aromatic carbocycles. The molecule has 1 aliphatic heterocycles. The van der Waals surface area contributed by atoms with Gasteiger partial charge in [-0.1, -0.05) is 6.92 Å². The maximum absolute atomic E-state index is 13.7. The second-order valence-electron chi connectivity index (χ2n) is 4.98. The normalized spacial score (nSPS) is 18.6. The summed E-state index contributed by atoms with van der Waals surface area (Å²) in [5, 5.41) is -0.486. The van der Waals surface area contributed by atoms with Crippen molar-refractivity contribution in [2.45, 2.75) is 30.8 Å². The van der Waals surface area contributed by atoms with Crippen LogP contribution in [0.5, 0.6) is 0 Å². The molecule has 5 nitrogen and oxygen atoms in total. The van der Waals surface area contributed by atoms with Gasteiger partial charge in [-0.3, -0.25) is 0 Å². The number of likely N-dealkylation sites (tertiary alicyclic amines) is 1. The summed E-state index contributed by atoms with van der Waals surface area (Å²) in [5.74, 6) is -0.801. The van der Waals surface area contributed by atoms with Crippen molar-refractivity contribution in [3.63, 3.8) is 0 Å². The van der Waals surface area contributed by atoms with Gasteiger partial charge in [0.2, 0.25) is 5.03 Å². The minimum Gasteiger partial charge on any atom is -0.303 e. The van der Waals surface area contributed by atoms with Gasteiger partial charge in [-0.15, -0.1) is 0 Å². The van der Waals surface area contributed by atoms with Gasteiger partial charge in [-0.2, -0.15) is 4.31 Å². The van der Waals surface area contributed by atoms with Gasteiger partial charge in [0.15, 0.2) is 5.82 Å². The monoisotopic (exact) mass is 301 g/mol. The van der Waals surface area contributed by atoms with Crippen molar-refractivity contribution in [3.05, 3.63) is 24.1 Å². The van der Waals surface area contributed by atoms with Crippen LogP contribution in [0.4, 0.5) is 4.39 Å². The Kier molecular flexibility index (Phi) is 4.72. The Morgan fingerprint density at radius 3 is 2.65 bits per heavy atom. The average Bonchev–Trinajstić information content (AvgIpc) is 2.47. The summed E-state index contributed by atoms with van der Waals surface area (Å²) < 4.78 is 39.7. The second-order valence-corrected chi connectivity index (χ2v) is 6.89. The first-order valence-corrected chi connectivity index (χ1v) is 8.21. The number of rotatable bonds is 4. The SMILES string of the molecule is CCN1CCC(N(C)S(=O)(=O)c2ncccc2F)CC1. The van der Waals surface area contributed by atoms with Gasteiger partial charge in [0, 0.05) is 19.3 Å². The lowest BCUT2D eigenvalue weighted by atomic mass is 10.1. The third kappa shape index (κ3) is 2.99. The lowest BCUT2D eigenvalue weighted by molar-refractivity contribution is 0.176. The van der Waals surface area contributed by atoms with Gasteiger partial charge < -0.3 is 4.90 Å². The van der Waals surface area contributed by atoms with Crippen molar-refractivity contribution < 1.29 is 12.8 Å². The van der Waals surface area contributed by atoms with Gasteiger partial charge in [0.25, 0.3) is 10.0 Å². The highest BCUT2D eigenvalue weighted by Gasteiger charge is 2.33. The molecule has 0 N–H and O–H groups in total. The molecule has 1 aliphatic rings. The molecule has 0 atom stereocenters. The van der Waals surface area contributed by atoms with Crippen LogP contribution in [-0.2, 0) is 10.0 Å². The summed E-state index contributed by atoms with van der Waals surface area (Å²) in [6, 6.07) is 2.41. The number of piperidine rings is 1. The topological polar surface area (TPSA) is 53.5 Å². The summed E-state index contributed by atoms with van der Waals surface area (Å²) in [7, 11) is -2.36. The van der Waals surface area contributed by atoms with Crippen molar-refractivity contribution in [2.24, 2.45) is 0 Å². The Balaban J connectivity index is 2.16. The standard InChI is InChI=1S/C13H20FN3O2S/c1-3-17-9-6-11(7-10-17)16(2)20(18,19)13-12(14)5-4-8-15-13/h4-5,8,11H,3,6-7,9-10H2,1-2H3. The van der Waals surface area contributed by atoms with Gasteiger partial charge in [-0.25, -0.2) is 17.8 Å². The van der Waals surface area contributed by atoms with Gasteiger partial charge >= 0.3 is 0 Å². The molecule has 1 saturated heterocycles. The first-order valence-electron chi connectivity index (χ1n) is 6.77. The molecule has 20 heavy (non-hydrogen) atoms. The van der Waals surface area contributed by atoms with E-state index in [2.05, 4.69) is 16.8 Å². The second kappa shape index (κ2) is 6.15. The van der Waals surface area contributed by atoms with Crippen LogP contribution in [-0.4, -0.2) is 55.3 Å². The minimum atomic E-state index is -3.86. The number of aromatic nitrogens is 1. The van der Waals surface area contributed by atoms with E-state index in [9.17, 15) is 12.8 Å². The van der Waals surface area contributed by atoms with E-state index in [-0.39, 0.29) is 6.04 Å². The van der Waals surface area contributed by atoms with Gasteiger partial charge in [-0.05, 0) is 44.6 Å². The van der Waals surface area contributed by atoms with Crippen molar-refractivity contribution in [3.8, 4) is 0 Å². The van der Waals surface area contributed by atoms with Crippen LogP contribution in [0.15, 0.2) is 23.4 Å². The molecule has 0 spiro atoms. The Morgan fingerprint density at radius 2 is 2.10 bits per heavy atom. The predicted octanol–water partition coefficient (Wildman–Crippen LogP) is 1.33. The van der Waals surface area contributed by atoms with Gasteiger partial charge in [0.1, 0.15) is 0 Å². The molecule has 0 saturated carbocycles. The van der Waals surface area contributed by atoms with Crippen molar-refractivity contribution in [2.75, 3.05) is 26.7 Å². The molecule has 2 rings (SSSR count). The Morgan fingerprint density at radius 1 is 1.45 bits per heavy atom. The third-order valence-electron chi connectivity index (χ3n) is 3.87. The average molecular weight is 301 g/mol. The Bertz CT molecular complexity index is 556. The smallest absolute Gasteiger partial charge is 0.263 e. The predicted molar refractivity (Wildman–Crippen MR) is 74.3 cm³/mol. The van der Waals surface area contributed by atoms with Crippen LogP contribution < -0.4 is 0 Å². The zero-order chi connectivity index (χ0) is 14.8. The van der Waals surface area contributed by atoms with E-state index in [1.54, 1.807) is 0 Å². The van der Waals surface area contributed by atoms with E-state index in [1.165, 1.54) is 23.6 Å². The largest absolute Gasteiger partial charge is 0.303 e. The number of sulfonamides is 1. The number of halogens is 1. The lowest BCUT2D eigenvalue weighted by Crippen LogP contribution is -2.45. The molecule has 7 heteroatoms. The van der Waals surface area contributed by atoms with Crippen LogP contribution in [0.25, 0.3) is 0 Å². The van der Waals surface area contributed by atoms with E-state index in [0.717, 1.165) is 38.5 Å². The van der Waals surface area contributed by atoms with Crippen molar-refractivity contribution in [1.29, 1.82) is 0 Å². The van der Waals surface area contributed by atoms with E-state index >= 15 is 0 Å². The zero-order valence-corrected chi connectivity index (χ0v) is 12.6. The molecule has 0 radical (unpaired) electrons. The van der Waals surface area contributed by atoms with Gasteiger partial charge in [0.05, 0.1) is 0 Å². The van der Waals surface area contributed by atoms with E-state index < -0.39 is 20.9 Å². The van der Waals surface area contributed by atoms with Crippen molar-refractivity contribution in [1.82, 2.24) is 14.2 Å². The van der Waals surface area contributed by atoms with Crippen LogP contribution in [0, 0.1) is 5.82 Å². The first kappa shape index (κ1) is 15.3. The van der Waals surface area contributed by atoms with Crippen LogP contribution >= 0.6 is 0 Å². The summed E-state index contributed by atoms with van der Waals surface area (Å²) in [4.78, 5) is 5.96. The van der Waals surface area contributed by atoms with E-state index in [1.807, 2.05) is 0 Å². The maximum atomic E-state index is 13.7. The fraction of sp³-hybridized carbons (Fsp3) is 0.615. The van der Waals surface area contributed by atoms with E-state index in [4.69, 9.17) is 0 Å². The molecule has 1 fully saturated rings. The molecular weight excluding hydrogens is 281 g/mol. The molecular formula is C13H20FN3O2S. The quantitative estimate of drug-likeness (QED) is 0.842. The number of pyridine rings is 1. The first-order chi connectivity index (χ1) is 9.46. The third-order valence-corrected chi connectivity index (χ3v) is 5.71. The summed E-state index contributed by atoms with van der Waals surface area (Å²) >= 11 is 0. The molecule has 1 aromatic heterocycles. The van der Waals surface area contributed by atoms with Crippen LogP contribution in [0.3, 0.4) is 0 Å². The molecule has 2 heterocycles. The fourth-order valence-electron chi connectivity index (χ4n) is 2.49. The highest BCUT2D eigenvalue weighted by Crippen LogP contribution is 2.22. The zero-order valence-electron chi connectivity index (χ0n) is 11.8. The number of hydrogen-bond donors (Lipinski definition) is 0. The summed E-state index contributed by atoms with van der Waals surface area (Å²) in [5.41, 5.74) is 0.